The van der Waals surface area contributed by atoms with Crippen LogP contribution in [0.3, 0.4) is 0 Å². The average Bonchev–Trinajstić information content (AvgIpc) is 2.26. The van der Waals surface area contributed by atoms with Crippen LogP contribution in [0, 0.1) is 6.92 Å². The fourth-order valence-electron chi connectivity index (χ4n) is 0.936. The number of oxazole rings is 1. The first kappa shape index (κ1) is 10.7. The highest BCUT2D eigenvalue weighted by Crippen LogP contribution is 2.11. The van der Waals surface area contributed by atoms with E-state index in [0.29, 0.717) is 0 Å². The Morgan fingerprint density at radius 2 is 2.14 bits per heavy atom. The molecule has 0 atom stereocenters. The van der Waals surface area contributed by atoms with Crippen LogP contribution in [-0.4, -0.2) is 30.7 Å². The molecule has 0 fully saturated rings. The maximum Gasteiger partial charge on any atom is 0.358 e. The monoisotopic (exact) mass is 219 g/mol. The Kier molecular flexibility index (Phi) is 2.61. The molecule has 1 aromatic heterocycles. The molecule has 0 bridgehead atoms. The van der Waals surface area contributed by atoms with Crippen LogP contribution >= 0.6 is 0 Å². The van der Waals surface area contributed by atoms with Gasteiger partial charge in [0, 0.05) is 6.26 Å². The fraction of sp³-hybridized carbons (Fsp3) is 0.429. The summed E-state index contributed by atoms with van der Waals surface area (Å²) in [4.78, 5) is 14.1. The number of hydrogen-bond donors (Lipinski definition) is 1. The van der Waals surface area contributed by atoms with Crippen molar-refractivity contribution in [1.82, 2.24) is 4.98 Å². The number of hydrogen-bond acceptors (Lipinski definition) is 5. The number of aryl methyl sites for hydroxylation is 1. The molecule has 1 N–H and O–H groups in total. The molecule has 1 rings (SSSR count). The highest BCUT2D eigenvalue weighted by atomic mass is 32.2. The van der Waals surface area contributed by atoms with Gasteiger partial charge in [0.05, 0.1) is 0 Å². The lowest BCUT2D eigenvalue weighted by Crippen LogP contribution is -2.02. The molecule has 0 aromatic carbocycles. The molecule has 0 aliphatic heterocycles. The molecule has 1 heterocycles. The van der Waals surface area contributed by atoms with E-state index in [0.717, 1.165) is 6.26 Å². The second-order valence-electron chi connectivity index (χ2n) is 2.89. The van der Waals surface area contributed by atoms with Crippen molar-refractivity contribution < 1.29 is 22.7 Å². The summed E-state index contributed by atoms with van der Waals surface area (Å²) in [7, 11) is -3.26. The van der Waals surface area contributed by atoms with E-state index in [9.17, 15) is 13.2 Å². The number of carboxylic acids is 1. The molecule has 0 unspecified atom stereocenters. The van der Waals surface area contributed by atoms with Gasteiger partial charge >= 0.3 is 5.97 Å². The summed E-state index contributed by atoms with van der Waals surface area (Å²) in [6.45, 7) is 1.42. The number of carboxylic acid groups (broad SMARTS) is 1. The molecule has 78 valence electrons. The molecule has 0 amide bonds. The van der Waals surface area contributed by atoms with Crippen molar-refractivity contribution in [2.75, 3.05) is 6.26 Å². The van der Waals surface area contributed by atoms with Gasteiger partial charge in [-0.2, -0.15) is 0 Å². The zero-order valence-corrected chi connectivity index (χ0v) is 8.46. The Morgan fingerprint density at radius 1 is 1.57 bits per heavy atom. The summed E-state index contributed by atoms with van der Waals surface area (Å²) < 4.78 is 26.6. The summed E-state index contributed by atoms with van der Waals surface area (Å²) in [6, 6.07) is 0. The highest BCUT2D eigenvalue weighted by molar-refractivity contribution is 7.89. The van der Waals surface area contributed by atoms with Crippen LogP contribution in [0.2, 0.25) is 0 Å². The lowest BCUT2D eigenvalue weighted by atomic mass is 10.4. The topological polar surface area (TPSA) is 97.5 Å². The normalized spacial score (nSPS) is 11.6. The minimum absolute atomic E-state index is 0.0950. The van der Waals surface area contributed by atoms with Crippen LogP contribution in [0.25, 0.3) is 0 Å². The van der Waals surface area contributed by atoms with Crippen LogP contribution in [0.4, 0.5) is 0 Å². The molecule has 0 radical (unpaired) electrons. The summed E-state index contributed by atoms with van der Waals surface area (Å²) in [6.07, 6.45) is 1.02. The van der Waals surface area contributed by atoms with Gasteiger partial charge in [-0.25, -0.2) is 18.2 Å². The van der Waals surface area contributed by atoms with E-state index in [4.69, 9.17) is 9.52 Å². The van der Waals surface area contributed by atoms with Crippen molar-refractivity contribution in [2.45, 2.75) is 12.7 Å². The van der Waals surface area contributed by atoms with Crippen molar-refractivity contribution in [3.05, 3.63) is 17.3 Å². The fourth-order valence-corrected chi connectivity index (χ4v) is 1.51. The standard InChI is InChI=1S/C7H9NO5S/c1-4-6(7(9)10)8-5(13-4)3-14(2,11)12/h3H2,1-2H3,(H,9,10). The summed E-state index contributed by atoms with van der Waals surface area (Å²) in [5.41, 5.74) is -0.247. The molecule has 1 aromatic rings. The summed E-state index contributed by atoms with van der Waals surface area (Å²) in [5.74, 6) is -1.61. The highest BCUT2D eigenvalue weighted by Gasteiger charge is 2.18. The third-order valence-electron chi connectivity index (χ3n) is 1.43. The van der Waals surface area contributed by atoms with Gasteiger partial charge in [0.25, 0.3) is 0 Å². The first-order valence-corrected chi connectivity index (χ1v) is 5.73. The molecule has 0 saturated heterocycles. The van der Waals surface area contributed by atoms with E-state index in [1.54, 1.807) is 0 Å². The van der Waals surface area contributed by atoms with Crippen LogP contribution in [0.15, 0.2) is 4.42 Å². The Hall–Kier alpha value is -1.37. The molecule has 6 nitrogen and oxygen atoms in total. The quantitative estimate of drug-likeness (QED) is 0.781. The summed E-state index contributed by atoms with van der Waals surface area (Å²) >= 11 is 0. The molecular weight excluding hydrogens is 210 g/mol. The smallest absolute Gasteiger partial charge is 0.358 e. The number of aromatic carboxylic acids is 1. The van der Waals surface area contributed by atoms with E-state index in [-0.39, 0.29) is 23.1 Å². The molecule has 0 aliphatic carbocycles. The van der Waals surface area contributed by atoms with E-state index >= 15 is 0 Å². The number of sulfone groups is 1. The average molecular weight is 219 g/mol. The number of rotatable bonds is 3. The largest absolute Gasteiger partial charge is 0.476 e. The second-order valence-corrected chi connectivity index (χ2v) is 5.03. The lowest BCUT2D eigenvalue weighted by Gasteiger charge is -1.90. The Bertz CT molecular complexity index is 458. The minimum atomic E-state index is -3.26. The van der Waals surface area contributed by atoms with Gasteiger partial charge in [-0.15, -0.1) is 0 Å². The van der Waals surface area contributed by atoms with Crippen LogP contribution in [0.1, 0.15) is 22.1 Å². The van der Waals surface area contributed by atoms with Crippen LogP contribution in [-0.2, 0) is 15.6 Å². The van der Waals surface area contributed by atoms with E-state index in [1.807, 2.05) is 0 Å². The van der Waals surface area contributed by atoms with Crippen molar-refractivity contribution in [1.29, 1.82) is 0 Å². The predicted octanol–water partition coefficient (Wildman–Crippen LogP) is 0.226. The maximum absolute atomic E-state index is 10.8. The Balaban J connectivity index is 3.04. The molecule has 0 aliphatic rings. The first-order valence-electron chi connectivity index (χ1n) is 3.67. The zero-order chi connectivity index (χ0) is 10.9. The lowest BCUT2D eigenvalue weighted by molar-refractivity contribution is 0.0689. The van der Waals surface area contributed by atoms with Crippen molar-refractivity contribution >= 4 is 15.8 Å². The van der Waals surface area contributed by atoms with Gasteiger partial charge in [-0.05, 0) is 6.92 Å². The zero-order valence-electron chi connectivity index (χ0n) is 7.64. The number of carbonyl (C=O) groups is 1. The van der Waals surface area contributed by atoms with Gasteiger partial charge in [0.15, 0.2) is 15.5 Å². The van der Waals surface area contributed by atoms with Crippen molar-refractivity contribution in [3.8, 4) is 0 Å². The molecular formula is C7H9NO5S. The van der Waals surface area contributed by atoms with Crippen molar-refractivity contribution in [3.63, 3.8) is 0 Å². The summed E-state index contributed by atoms with van der Waals surface area (Å²) in [5, 5.41) is 8.61. The van der Waals surface area contributed by atoms with Gasteiger partial charge in [-0.1, -0.05) is 0 Å². The molecule has 0 saturated carbocycles. The minimum Gasteiger partial charge on any atom is -0.476 e. The molecule has 7 heteroatoms. The number of nitrogens with zero attached hydrogens (tertiary/aromatic N) is 1. The molecule has 14 heavy (non-hydrogen) atoms. The van der Waals surface area contributed by atoms with E-state index < -0.39 is 15.8 Å². The Labute approximate surface area is 80.5 Å². The third-order valence-corrected chi connectivity index (χ3v) is 2.20. The van der Waals surface area contributed by atoms with E-state index in [2.05, 4.69) is 4.98 Å². The van der Waals surface area contributed by atoms with Gasteiger partial charge in [0.1, 0.15) is 11.5 Å². The Morgan fingerprint density at radius 3 is 2.50 bits per heavy atom. The number of aromatic nitrogens is 1. The molecule has 0 spiro atoms. The third kappa shape index (κ3) is 2.56. The predicted molar refractivity (Wildman–Crippen MR) is 46.7 cm³/mol. The van der Waals surface area contributed by atoms with Crippen LogP contribution in [0.5, 0.6) is 0 Å². The first-order chi connectivity index (χ1) is 6.29. The van der Waals surface area contributed by atoms with Crippen molar-refractivity contribution in [2.24, 2.45) is 0 Å². The van der Waals surface area contributed by atoms with Gasteiger partial charge in [-0.3, -0.25) is 0 Å². The van der Waals surface area contributed by atoms with Crippen LogP contribution < -0.4 is 0 Å². The van der Waals surface area contributed by atoms with Gasteiger partial charge in [0.2, 0.25) is 5.89 Å². The van der Waals surface area contributed by atoms with Gasteiger partial charge < -0.3 is 9.52 Å². The maximum atomic E-state index is 10.8. The SMILES string of the molecule is Cc1oc(CS(C)(=O)=O)nc1C(=O)O. The second kappa shape index (κ2) is 3.41. The van der Waals surface area contributed by atoms with E-state index in [1.165, 1.54) is 6.92 Å².